The maximum atomic E-state index is 13.1. The number of hydrogen-bond donors (Lipinski definition) is 1. The number of benzene rings is 2. The summed E-state index contributed by atoms with van der Waals surface area (Å²) >= 11 is 6.10. The number of hydrogen-bond acceptors (Lipinski definition) is 3. The highest BCUT2D eigenvalue weighted by Gasteiger charge is 2.28. The van der Waals surface area contributed by atoms with Crippen molar-refractivity contribution in [3.05, 3.63) is 83.8 Å². The Balaban J connectivity index is 1.38. The zero-order valence-corrected chi connectivity index (χ0v) is 20.2. The Hall–Kier alpha value is -3.51. The third kappa shape index (κ3) is 4.46. The van der Waals surface area contributed by atoms with Gasteiger partial charge >= 0.3 is 6.03 Å². The van der Waals surface area contributed by atoms with Crippen LogP contribution >= 0.6 is 11.6 Å². The van der Waals surface area contributed by atoms with Crippen molar-refractivity contribution in [3.63, 3.8) is 0 Å². The van der Waals surface area contributed by atoms with Gasteiger partial charge < -0.3 is 19.5 Å². The van der Waals surface area contributed by atoms with E-state index in [0.29, 0.717) is 11.6 Å². The molecule has 0 radical (unpaired) electrons. The number of nitrogens with one attached hydrogen (secondary N) is 1. The van der Waals surface area contributed by atoms with Crippen molar-refractivity contribution >= 4 is 34.5 Å². The minimum absolute atomic E-state index is 0.0684. The molecule has 0 spiro atoms. The van der Waals surface area contributed by atoms with Gasteiger partial charge in [0, 0.05) is 61.3 Å². The number of amides is 2. The van der Waals surface area contributed by atoms with Crippen LogP contribution in [-0.2, 0) is 0 Å². The number of piperidine rings is 1. The lowest BCUT2D eigenvalue weighted by molar-refractivity contribution is 0.191. The Morgan fingerprint density at radius 3 is 2.56 bits per heavy atom. The van der Waals surface area contributed by atoms with E-state index in [-0.39, 0.29) is 11.9 Å². The van der Waals surface area contributed by atoms with Crippen LogP contribution < -0.4 is 10.2 Å². The van der Waals surface area contributed by atoms with Crippen LogP contribution in [0.1, 0.15) is 24.6 Å². The molecule has 1 atom stereocenters. The molecule has 34 heavy (non-hydrogen) atoms. The van der Waals surface area contributed by atoms with E-state index in [0.717, 1.165) is 53.4 Å². The molecule has 1 fully saturated rings. The molecule has 2 aromatic carbocycles. The maximum absolute atomic E-state index is 13.1. The summed E-state index contributed by atoms with van der Waals surface area (Å²) in [4.78, 5) is 22.1. The van der Waals surface area contributed by atoms with Crippen LogP contribution in [0.5, 0.6) is 0 Å². The largest absolute Gasteiger partial charge is 0.378 e. The summed E-state index contributed by atoms with van der Waals surface area (Å²) in [5, 5.41) is 3.76. The van der Waals surface area contributed by atoms with Crippen molar-refractivity contribution in [1.82, 2.24) is 14.3 Å². The van der Waals surface area contributed by atoms with Gasteiger partial charge in [-0.15, -0.1) is 0 Å². The molecular weight excluding hydrogens is 446 g/mol. The van der Waals surface area contributed by atoms with Crippen molar-refractivity contribution in [2.45, 2.75) is 18.8 Å². The van der Waals surface area contributed by atoms with E-state index in [2.05, 4.69) is 22.0 Å². The minimum Gasteiger partial charge on any atom is -0.378 e. The predicted molar refractivity (Wildman–Crippen MR) is 139 cm³/mol. The third-order valence-corrected chi connectivity index (χ3v) is 6.65. The first-order chi connectivity index (χ1) is 16.5. The number of likely N-dealkylation sites (tertiary alicyclic amines) is 1. The summed E-state index contributed by atoms with van der Waals surface area (Å²) in [6.07, 6.45) is 3.99. The summed E-state index contributed by atoms with van der Waals surface area (Å²) in [5.74, 6) is 1.15. The third-order valence-electron chi connectivity index (χ3n) is 6.40. The average Bonchev–Trinajstić information content (AvgIpc) is 3.25. The molecule has 2 aromatic heterocycles. The number of urea groups is 1. The lowest BCUT2D eigenvalue weighted by Gasteiger charge is -2.32. The Morgan fingerprint density at radius 1 is 1.06 bits per heavy atom. The Labute approximate surface area is 204 Å². The van der Waals surface area contributed by atoms with Gasteiger partial charge in [-0.25, -0.2) is 9.78 Å². The Bertz CT molecular complexity index is 1300. The Morgan fingerprint density at radius 2 is 1.82 bits per heavy atom. The number of aromatic nitrogens is 2. The Kier molecular flexibility index (Phi) is 6.16. The number of anilines is 2. The van der Waals surface area contributed by atoms with E-state index >= 15 is 0 Å². The molecule has 0 saturated carbocycles. The van der Waals surface area contributed by atoms with Crippen LogP contribution in [0.3, 0.4) is 0 Å². The average molecular weight is 474 g/mol. The SMILES string of the molecule is CN(C)c1ccc(NC(=O)N2CCCC(c3nc(-c4ccc(Cl)cc4)c4ccccn34)C2)cc1. The van der Waals surface area contributed by atoms with Gasteiger partial charge in [0.1, 0.15) is 5.82 Å². The van der Waals surface area contributed by atoms with Gasteiger partial charge in [-0.05, 0) is 61.4 Å². The molecule has 1 aliphatic rings. The number of halogens is 1. The molecule has 0 bridgehead atoms. The number of nitrogens with zero attached hydrogens (tertiary/aromatic N) is 4. The van der Waals surface area contributed by atoms with Crippen molar-refractivity contribution in [1.29, 1.82) is 0 Å². The molecule has 3 heterocycles. The van der Waals surface area contributed by atoms with Crippen molar-refractivity contribution in [2.24, 2.45) is 0 Å². The standard InChI is InChI=1S/C27H28ClN5O/c1-31(2)23-14-12-22(13-15-23)29-27(34)32-16-5-6-20(18-32)26-30-25(19-8-10-21(28)11-9-19)24-7-3-4-17-33(24)26/h3-4,7-15,17,20H,5-6,16,18H2,1-2H3,(H,29,34). The highest BCUT2D eigenvalue weighted by molar-refractivity contribution is 6.30. The van der Waals surface area contributed by atoms with Crippen LogP contribution in [0.25, 0.3) is 16.8 Å². The van der Waals surface area contributed by atoms with Gasteiger partial charge in [0.25, 0.3) is 0 Å². The lowest BCUT2D eigenvalue weighted by Crippen LogP contribution is -2.42. The minimum atomic E-state index is -0.0684. The van der Waals surface area contributed by atoms with Gasteiger partial charge in [-0.3, -0.25) is 0 Å². The molecule has 1 N–H and O–H groups in total. The second-order valence-corrected chi connectivity index (χ2v) is 9.37. The smallest absolute Gasteiger partial charge is 0.321 e. The van der Waals surface area contributed by atoms with Crippen LogP contribution in [0.4, 0.5) is 16.2 Å². The van der Waals surface area contributed by atoms with Gasteiger partial charge in [0.15, 0.2) is 0 Å². The van der Waals surface area contributed by atoms with Gasteiger partial charge in [0.05, 0.1) is 11.2 Å². The molecule has 174 valence electrons. The number of fused-ring (bicyclic) bond motifs is 1. The lowest BCUT2D eigenvalue weighted by atomic mass is 9.97. The summed E-state index contributed by atoms with van der Waals surface area (Å²) in [5.41, 5.74) is 4.93. The van der Waals surface area contributed by atoms with E-state index in [1.807, 2.05) is 84.6 Å². The monoisotopic (exact) mass is 473 g/mol. The van der Waals surface area contributed by atoms with Gasteiger partial charge in [0.2, 0.25) is 0 Å². The second kappa shape index (κ2) is 9.39. The molecule has 4 aromatic rings. The molecule has 0 aliphatic carbocycles. The van der Waals surface area contributed by atoms with Crippen LogP contribution in [0, 0.1) is 0 Å². The molecule has 5 rings (SSSR count). The van der Waals surface area contributed by atoms with E-state index in [9.17, 15) is 4.79 Å². The summed E-state index contributed by atoms with van der Waals surface area (Å²) < 4.78 is 2.16. The van der Waals surface area contributed by atoms with E-state index < -0.39 is 0 Å². The van der Waals surface area contributed by atoms with Crippen molar-refractivity contribution in [3.8, 4) is 11.3 Å². The molecule has 2 amide bonds. The molecule has 1 saturated heterocycles. The molecule has 6 nitrogen and oxygen atoms in total. The van der Waals surface area contributed by atoms with Crippen LogP contribution in [0.2, 0.25) is 5.02 Å². The number of pyridine rings is 1. The van der Waals surface area contributed by atoms with Crippen molar-refractivity contribution < 1.29 is 4.79 Å². The summed E-state index contributed by atoms with van der Waals surface area (Å²) in [7, 11) is 4.00. The van der Waals surface area contributed by atoms with Gasteiger partial charge in [-0.2, -0.15) is 0 Å². The second-order valence-electron chi connectivity index (χ2n) is 8.94. The first kappa shape index (κ1) is 22.3. The zero-order chi connectivity index (χ0) is 23.7. The first-order valence-electron chi connectivity index (χ1n) is 11.6. The fourth-order valence-electron chi connectivity index (χ4n) is 4.59. The van der Waals surface area contributed by atoms with Crippen LogP contribution in [0.15, 0.2) is 72.9 Å². The quantitative estimate of drug-likeness (QED) is 0.387. The topological polar surface area (TPSA) is 52.9 Å². The molecule has 1 unspecified atom stereocenters. The summed E-state index contributed by atoms with van der Waals surface area (Å²) in [6, 6.07) is 21.7. The molecule has 1 aliphatic heterocycles. The highest BCUT2D eigenvalue weighted by Crippen LogP contribution is 2.32. The molecule has 7 heteroatoms. The fourth-order valence-corrected chi connectivity index (χ4v) is 4.71. The van der Waals surface area contributed by atoms with Crippen LogP contribution in [-0.4, -0.2) is 47.5 Å². The molecular formula is C27H28ClN5O. The zero-order valence-electron chi connectivity index (χ0n) is 19.4. The number of rotatable bonds is 4. The normalized spacial score (nSPS) is 16.0. The van der Waals surface area contributed by atoms with Crippen molar-refractivity contribution in [2.75, 3.05) is 37.4 Å². The van der Waals surface area contributed by atoms with E-state index in [4.69, 9.17) is 16.6 Å². The summed E-state index contributed by atoms with van der Waals surface area (Å²) in [6.45, 7) is 1.38. The first-order valence-corrected chi connectivity index (χ1v) is 11.9. The van der Waals surface area contributed by atoms with Gasteiger partial charge in [-0.1, -0.05) is 29.8 Å². The highest BCUT2D eigenvalue weighted by atomic mass is 35.5. The van der Waals surface area contributed by atoms with E-state index in [1.165, 1.54) is 0 Å². The fraction of sp³-hybridized carbons (Fsp3) is 0.259. The van der Waals surface area contributed by atoms with E-state index in [1.54, 1.807) is 0 Å². The number of imidazole rings is 1. The maximum Gasteiger partial charge on any atom is 0.321 e. The number of carbonyl (C=O) groups is 1. The predicted octanol–water partition coefficient (Wildman–Crippen LogP) is 6.13. The number of carbonyl (C=O) groups excluding carboxylic acids is 1.